The summed E-state index contributed by atoms with van der Waals surface area (Å²) in [6.45, 7) is 4.16. The largest absolute Gasteiger partial charge is 0.493 e. The number of rotatable bonds is 5. The molecule has 2 N–H and O–H groups in total. The predicted octanol–water partition coefficient (Wildman–Crippen LogP) is 4.86. The number of ketones is 1. The molecule has 170 valence electrons. The summed E-state index contributed by atoms with van der Waals surface area (Å²) < 4.78 is 30.6. The molecule has 0 bridgehead atoms. The van der Waals surface area contributed by atoms with Crippen LogP contribution in [0.3, 0.4) is 0 Å². The molecule has 2 aromatic carbocycles. The third-order valence-electron chi connectivity index (χ3n) is 5.88. The maximum absolute atomic E-state index is 13.5. The van der Waals surface area contributed by atoms with E-state index >= 15 is 0 Å². The number of nitrogens with zero attached hydrogens (tertiary/aromatic N) is 1. The van der Waals surface area contributed by atoms with Gasteiger partial charge in [0, 0.05) is 18.4 Å². The molecule has 4 rings (SSSR count). The minimum atomic E-state index is -0.645. The van der Waals surface area contributed by atoms with Crippen LogP contribution in [0, 0.1) is 22.6 Å². The highest BCUT2D eigenvalue weighted by Crippen LogP contribution is 2.48. The molecule has 0 aromatic heterocycles. The van der Waals surface area contributed by atoms with Gasteiger partial charge >= 0.3 is 0 Å². The second kappa shape index (κ2) is 8.62. The Labute approximate surface area is 192 Å². The number of Topliss-reactive ketones (excluding diaryl/α,β-unsaturated/α-hetero) is 1. The van der Waals surface area contributed by atoms with Crippen molar-refractivity contribution in [2.24, 2.45) is 11.1 Å². The summed E-state index contributed by atoms with van der Waals surface area (Å²) in [6, 6.07) is 13.5. The number of allylic oxidation sites excluding steroid dienone is 3. The molecule has 0 amide bonds. The number of methoxy groups -OCH3 is 1. The number of hydrogen-bond acceptors (Lipinski definition) is 6. The van der Waals surface area contributed by atoms with Gasteiger partial charge in [0.2, 0.25) is 5.88 Å². The maximum atomic E-state index is 13.5. The van der Waals surface area contributed by atoms with Crippen molar-refractivity contribution in [3.63, 3.8) is 0 Å². The second-order valence-corrected chi connectivity index (χ2v) is 9.03. The Hall–Kier alpha value is -3.79. The van der Waals surface area contributed by atoms with Gasteiger partial charge in [-0.3, -0.25) is 4.79 Å². The Morgan fingerprint density at radius 3 is 2.70 bits per heavy atom. The molecule has 2 aliphatic rings. The van der Waals surface area contributed by atoms with Crippen molar-refractivity contribution in [1.29, 1.82) is 5.26 Å². The van der Waals surface area contributed by atoms with Crippen LogP contribution >= 0.6 is 0 Å². The zero-order valence-electron chi connectivity index (χ0n) is 18.8. The number of carbonyl (C=O) groups excluding carboxylic acids is 1. The van der Waals surface area contributed by atoms with Crippen LogP contribution in [0.2, 0.25) is 0 Å². The molecule has 7 heteroatoms. The third kappa shape index (κ3) is 4.42. The predicted molar refractivity (Wildman–Crippen MR) is 119 cm³/mol. The quantitative estimate of drug-likeness (QED) is 0.702. The Bertz CT molecular complexity index is 1220. The summed E-state index contributed by atoms with van der Waals surface area (Å²) in [4.78, 5) is 13.1. The number of ether oxygens (including phenoxy) is 3. The standard InChI is InChI=1S/C26H25FN2O4/c1-26(2)11-19(30)24-22(12-26)33-25(29)18(13-28)23(24)16-7-8-20(21(10-16)31-3)32-14-15-5-4-6-17(27)9-15/h4-10,23H,11-12,14,29H2,1-3H3/t23-/m1/s1. The first-order chi connectivity index (χ1) is 15.7. The van der Waals surface area contributed by atoms with E-state index in [-0.39, 0.29) is 35.1 Å². The highest BCUT2D eigenvalue weighted by atomic mass is 19.1. The van der Waals surface area contributed by atoms with Crippen molar-refractivity contribution in [3.05, 3.63) is 82.2 Å². The van der Waals surface area contributed by atoms with Crippen molar-refractivity contribution < 1.29 is 23.4 Å². The molecule has 0 radical (unpaired) electrons. The van der Waals surface area contributed by atoms with Crippen molar-refractivity contribution in [3.8, 4) is 17.6 Å². The first-order valence-electron chi connectivity index (χ1n) is 10.6. The molecule has 2 aromatic rings. The van der Waals surface area contributed by atoms with E-state index in [1.807, 2.05) is 13.8 Å². The van der Waals surface area contributed by atoms with Gasteiger partial charge in [-0.05, 0) is 40.8 Å². The van der Waals surface area contributed by atoms with Crippen LogP contribution in [0.1, 0.15) is 43.7 Å². The highest BCUT2D eigenvalue weighted by Gasteiger charge is 2.43. The van der Waals surface area contributed by atoms with Gasteiger partial charge in [0.25, 0.3) is 0 Å². The Kier molecular flexibility index (Phi) is 5.86. The van der Waals surface area contributed by atoms with E-state index in [9.17, 15) is 14.4 Å². The van der Waals surface area contributed by atoms with Gasteiger partial charge in [0.1, 0.15) is 29.8 Å². The second-order valence-electron chi connectivity index (χ2n) is 9.03. The van der Waals surface area contributed by atoms with Crippen LogP contribution < -0.4 is 15.2 Å². The number of nitrogens with two attached hydrogens (primary N) is 1. The molecule has 1 aliphatic heterocycles. The molecular weight excluding hydrogens is 423 g/mol. The number of hydrogen-bond donors (Lipinski definition) is 1. The molecule has 0 spiro atoms. The van der Waals surface area contributed by atoms with Gasteiger partial charge in [-0.15, -0.1) is 0 Å². The number of nitriles is 1. The van der Waals surface area contributed by atoms with E-state index in [2.05, 4.69) is 6.07 Å². The number of carbonyl (C=O) groups is 1. The number of benzene rings is 2. The summed E-state index contributed by atoms with van der Waals surface area (Å²) >= 11 is 0. The summed E-state index contributed by atoms with van der Waals surface area (Å²) in [5, 5.41) is 9.80. The van der Waals surface area contributed by atoms with Gasteiger partial charge in [-0.2, -0.15) is 5.26 Å². The van der Waals surface area contributed by atoms with Crippen LogP contribution in [-0.4, -0.2) is 12.9 Å². The van der Waals surface area contributed by atoms with Gasteiger partial charge in [0.15, 0.2) is 17.3 Å². The van der Waals surface area contributed by atoms with Crippen molar-refractivity contribution in [1.82, 2.24) is 0 Å². The van der Waals surface area contributed by atoms with Gasteiger partial charge in [-0.25, -0.2) is 4.39 Å². The average Bonchev–Trinajstić information content (AvgIpc) is 2.76. The fourth-order valence-electron chi connectivity index (χ4n) is 4.39. The van der Waals surface area contributed by atoms with E-state index < -0.39 is 5.92 Å². The van der Waals surface area contributed by atoms with E-state index in [0.717, 1.165) is 0 Å². The van der Waals surface area contributed by atoms with E-state index in [1.165, 1.54) is 19.2 Å². The van der Waals surface area contributed by atoms with Crippen LogP contribution in [0.5, 0.6) is 11.5 Å². The van der Waals surface area contributed by atoms with Crippen LogP contribution in [0.4, 0.5) is 4.39 Å². The molecule has 0 fully saturated rings. The average molecular weight is 448 g/mol. The molecular formula is C26H25FN2O4. The minimum Gasteiger partial charge on any atom is -0.493 e. The lowest BCUT2D eigenvalue weighted by Gasteiger charge is -2.37. The molecule has 33 heavy (non-hydrogen) atoms. The Morgan fingerprint density at radius 1 is 1.21 bits per heavy atom. The summed E-state index contributed by atoms with van der Waals surface area (Å²) in [5.74, 6) is 0.372. The molecule has 0 saturated carbocycles. The Balaban J connectivity index is 1.70. The lowest BCUT2D eigenvalue weighted by molar-refractivity contribution is -0.119. The van der Waals surface area contributed by atoms with Crippen molar-refractivity contribution >= 4 is 5.78 Å². The summed E-state index contributed by atoms with van der Waals surface area (Å²) in [5.41, 5.74) is 7.85. The van der Waals surface area contributed by atoms with E-state index in [0.29, 0.717) is 46.8 Å². The normalized spacial score (nSPS) is 19.5. The van der Waals surface area contributed by atoms with Gasteiger partial charge in [0.05, 0.1) is 13.0 Å². The topological polar surface area (TPSA) is 94.6 Å². The zero-order chi connectivity index (χ0) is 23.8. The SMILES string of the molecule is COc1cc([C@@H]2C(C#N)=C(N)OC3=C2C(=O)CC(C)(C)C3)ccc1OCc1cccc(F)c1. The van der Waals surface area contributed by atoms with Gasteiger partial charge < -0.3 is 19.9 Å². The highest BCUT2D eigenvalue weighted by molar-refractivity contribution is 6.00. The number of halogens is 1. The fourth-order valence-corrected chi connectivity index (χ4v) is 4.39. The molecule has 0 unspecified atom stereocenters. The van der Waals surface area contributed by atoms with Crippen molar-refractivity contribution in [2.45, 2.75) is 39.2 Å². The first-order valence-corrected chi connectivity index (χ1v) is 10.6. The maximum Gasteiger partial charge on any atom is 0.205 e. The first kappa shape index (κ1) is 22.4. The minimum absolute atomic E-state index is 0.0112. The Morgan fingerprint density at radius 2 is 2.00 bits per heavy atom. The monoisotopic (exact) mass is 448 g/mol. The van der Waals surface area contributed by atoms with Crippen LogP contribution in [-0.2, 0) is 16.1 Å². The molecule has 1 aliphatic carbocycles. The molecule has 6 nitrogen and oxygen atoms in total. The fraction of sp³-hybridized carbons (Fsp3) is 0.308. The summed E-state index contributed by atoms with van der Waals surface area (Å²) in [7, 11) is 1.51. The zero-order valence-corrected chi connectivity index (χ0v) is 18.8. The lowest BCUT2D eigenvalue weighted by atomic mass is 9.70. The summed E-state index contributed by atoms with van der Waals surface area (Å²) in [6.07, 6.45) is 0.909. The molecule has 1 atom stereocenters. The van der Waals surface area contributed by atoms with Crippen LogP contribution in [0.15, 0.2) is 65.3 Å². The van der Waals surface area contributed by atoms with Gasteiger partial charge in [-0.1, -0.05) is 32.0 Å². The lowest BCUT2D eigenvalue weighted by Crippen LogP contribution is -2.33. The van der Waals surface area contributed by atoms with Crippen LogP contribution in [0.25, 0.3) is 0 Å². The third-order valence-corrected chi connectivity index (χ3v) is 5.88. The molecule has 0 saturated heterocycles. The molecule has 1 heterocycles. The van der Waals surface area contributed by atoms with E-state index in [4.69, 9.17) is 19.9 Å². The van der Waals surface area contributed by atoms with Crippen molar-refractivity contribution in [2.75, 3.05) is 7.11 Å². The smallest absolute Gasteiger partial charge is 0.205 e. The van der Waals surface area contributed by atoms with E-state index in [1.54, 1.807) is 30.3 Å².